The Morgan fingerprint density at radius 2 is 1.58 bits per heavy atom. The third-order valence-corrected chi connectivity index (χ3v) is 5.07. The second-order valence-electron chi connectivity index (χ2n) is 7.71. The fourth-order valence-electron chi connectivity index (χ4n) is 3.04. The zero-order valence-electron chi connectivity index (χ0n) is 17.4. The van der Waals surface area contributed by atoms with Gasteiger partial charge < -0.3 is 20.7 Å². The van der Waals surface area contributed by atoms with Gasteiger partial charge in [0.15, 0.2) is 0 Å². The molecule has 0 aliphatic heterocycles. The fourth-order valence-corrected chi connectivity index (χ4v) is 3.04. The number of carbonyl (C=O) groups excluding carboxylic acids is 2. The minimum Gasteiger partial charge on any atom is -0.493 e. The number of benzene rings is 3. The number of amides is 3. The van der Waals surface area contributed by atoms with E-state index in [1.165, 1.54) is 12.8 Å². The van der Waals surface area contributed by atoms with Gasteiger partial charge in [-0.25, -0.2) is 4.79 Å². The lowest BCUT2D eigenvalue weighted by Gasteiger charge is -2.13. The van der Waals surface area contributed by atoms with E-state index in [4.69, 9.17) is 4.74 Å². The van der Waals surface area contributed by atoms with Crippen LogP contribution < -0.4 is 20.7 Å². The molecule has 158 valence electrons. The topological polar surface area (TPSA) is 79.5 Å². The molecule has 0 radical (unpaired) electrons. The Kier molecular flexibility index (Phi) is 6.17. The summed E-state index contributed by atoms with van der Waals surface area (Å²) in [5.74, 6) is 1.24. The number of para-hydroxylation sites is 1. The molecule has 0 saturated heterocycles. The molecule has 0 bridgehead atoms. The molecule has 0 heterocycles. The van der Waals surface area contributed by atoms with Crippen molar-refractivity contribution in [2.45, 2.75) is 19.8 Å². The lowest BCUT2D eigenvalue weighted by Crippen LogP contribution is -2.19. The van der Waals surface area contributed by atoms with E-state index >= 15 is 0 Å². The maximum atomic E-state index is 12.7. The number of hydrogen-bond acceptors (Lipinski definition) is 3. The highest BCUT2D eigenvalue weighted by molar-refractivity contribution is 6.05. The van der Waals surface area contributed by atoms with Crippen molar-refractivity contribution in [1.82, 2.24) is 0 Å². The Bertz CT molecular complexity index is 1060. The minimum atomic E-state index is -0.353. The van der Waals surface area contributed by atoms with Crippen LogP contribution in [0.25, 0.3) is 0 Å². The quantitative estimate of drug-likeness (QED) is 0.464. The Balaban J connectivity index is 1.37. The third kappa shape index (κ3) is 5.85. The molecule has 0 spiro atoms. The van der Waals surface area contributed by atoms with Crippen LogP contribution in [-0.2, 0) is 0 Å². The number of hydrogen-bond donors (Lipinski definition) is 3. The first-order valence-corrected chi connectivity index (χ1v) is 10.3. The predicted octanol–water partition coefficient (Wildman–Crippen LogP) is 5.68. The van der Waals surface area contributed by atoms with E-state index in [1.54, 1.807) is 24.3 Å². The maximum Gasteiger partial charge on any atom is 0.323 e. The summed E-state index contributed by atoms with van der Waals surface area (Å²) in [6, 6.07) is 21.4. The van der Waals surface area contributed by atoms with Crippen molar-refractivity contribution in [2.24, 2.45) is 5.92 Å². The molecule has 3 aromatic rings. The van der Waals surface area contributed by atoms with E-state index in [-0.39, 0.29) is 11.9 Å². The number of rotatable bonds is 7. The van der Waals surface area contributed by atoms with E-state index < -0.39 is 0 Å². The molecule has 4 rings (SSSR count). The molecule has 0 atom stereocenters. The van der Waals surface area contributed by atoms with Crippen LogP contribution in [-0.4, -0.2) is 18.5 Å². The van der Waals surface area contributed by atoms with Crippen molar-refractivity contribution in [3.05, 3.63) is 83.9 Å². The van der Waals surface area contributed by atoms with Crippen LogP contribution in [0.15, 0.2) is 72.8 Å². The van der Waals surface area contributed by atoms with Gasteiger partial charge in [0, 0.05) is 22.6 Å². The van der Waals surface area contributed by atoms with Gasteiger partial charge in [-0.3, -0.25) is 4.79 Å². The van der Waals surface area contributed by atoms with E-state index in [9.17, 15) is 9.59 Å². The molecule has 3 aromatic carbocycles. The molecular weight excluding hydrogens is 390 g/mol. The highest BCUT2D eigenvalue weighted by atomic mass is 16.5. The van der Waals surface area contributed by atoms with Crippen LogP contribution >= 0.6 is 0 Å². The maximum absolute atomic E-state index is 12.7. The van der Waals surface area contributed by atoms with Crippen LogP contribution in [0.5, 0.6) is 5.75 Å². The van der Waals surface area contributed by atoms with Gasteiger partial charge in [0.2, 0.25) is 0 Å². The largest absolute Gasteiger partial charge is 0.493 e. The summed E-state index contributed by atoms with van der Waals surface area (Å²) in [5.41, 5.74) is 3.35. The van der Waals surface area contributed by atoms with Crippen LogP contribution in [0.1, 0.15) is 28.8 Å². The summed E-state index contributed by atoms with van der Waals surface area (Å²) >= 11 is 0. The summed E-state index contributed by atoms with van der Waals surface area (Å²) in [5, 5.41) is 8.48. The standard InChI is InChI=1S/C25H25N3O3/c1-17-7-12-21(27-25(30)26-20-5-3-2-4-6-20)15-23(17)28-24(29)19-10-13-22(14-11-19)31-16-18-8-9-18/h2-7,10-15,18H,8-9,16H2,1H3,(H,28,29)(H2,26,27,30). The van der Waals surface area contributed by atoms with Gasteiger partial charge in [0.1, 0.15) is 5.75 Å². The summed E-state index contributed by atoms with van der Waals surface area (Å²) in [4.78, 5) is 24.9. The minimum absolute atomic E-state index is 0.220. The zero-order chi connectivity index (χ0) is 21.6. The van der Waals surface area contributed by atoms with Crippen molar-refractivity contribution in [2.75, 3.05) is 22.6 Å². The molecule has 1 aliphatic carbocycles. The number of urea groups is 1. The Labute approximate surface area is 181 Å². The zero-order valence-corrected chi connectivity index (χ0v) is 17.4. The average molecular weight is 415 g/mol. The lowest BCUT2D eigenvalue weighted by atomic mass is 10.1. The molecule has 6 nitrogen and oxygen atoms in total. The number of ether oxygens (including phenoxy) is 1. The van der Waals surface area contributed by atoms with Gasteiger partial charge in [0.25, 0.3) is 5.91 Å². The van der Waals surface area contributed by atoms with Crippen LogP contribution in [0.3, 0.4) is 0 Å². The predicted molar refractivity (Wildman–Crippen MR) is 123 cm³/mol. The van der Waals surface area contributed by atoms with Gasteiger partial charge in [-0.1, -0.05) is 24.3 Å². The molecule has 6 heteroatoms. The second kappa shape index (κ2) is 9.34. The first-order chi connectivity index (χ1) is 15.1. The first-order valence-electron chi connectivity index (χ1n) is 10.3. The third-order valence-electron chi connectivity index (χ3n) is 5.07. The SMILES string of the molecule is Cc1ccc(NC(=O)Nc2ccccc2)cc1NC(=O)c1ccc(OCC2CC2)cc1. The molecule has 0 aromatic heterocycles. The first kappa shape index (κ1) is 20.5. The molecule has 31 heavy (non-hydrogen) atoms. The van der Waals surface area contributed by atoms with E-state index in [1.807, 2.05) is 55.5 Å². The van der Waals surface area contributed by atoms with Gasteiger partial charge in [-0.05, 0) is 79.8 Å². The highest BCUT2D eigenvalue weighted by Gasteiger charge is 2.21. The Morgan fingerprint density at radius 3 is 2.29 bits per heavy atom. The van der Waals surface area contributed by atoms with Crippen LogP contribution in [0.4, 0.5) is 21.9 Å². The van der Waals surface area contributed by atoms with Gasteiger partial charge in [-0.15, -0.1) is 0 Å². The summed E-state index contributed by atoms with van der Waals surface area (Å²) in [6.07, 6.45) is 2.48. The van der Waals surface area contributed by atoms with Crippen LogP contribution in [0, 0.1) is 12.8 Å². The van der Waals surface area contributed by atoms with Gasteiger partial charge >= 0.3 is 6.03 Å². The van der Waals surface area contributed by atoms with Gasteiger partial charge in [-0.2, -0.15) is 0 Å². The molecule has 0 unspecified atom stereocenters. The lowest BCUT2D eigenvalue weighted by molar-refractivity contribution is 0.102. The molecule has 3 N–H and O–H groups in total. The Hall–Kier alpha value is -3.80. The summed E-state index contributed by atoms with van der Waals surface area (Å²) in [7, 11) is 0. The molecule has 3 amide bonds. The highest BCUT2D eigenvalue weighted by Crippen LogP contribution is 2.29. The Morgan fingerprint density at radius 1 is 0.871 bits per heavy atom. The van der Waals surface area contributed by atoms with Crippen molar-refractivity contribution in [3.63, 3.8) is 0 Å². The van der Waals surface area contributed by atoms with E-state index in [0.29, 0.717) is 28.5 Å². The fraction of sp³-hybridized carbons (Fsp3) is 0.200. The normalized spacial score (nSPS) is 12.7. The molecular formula is C25H25N3O3. The second-order valence-corrected chi connectivity index (χ2v) is 7.71. The monoisotopic (exact) mass is 415 g/mol. The van der Waals surface area contributed by atoms with E-state index in [2.05, 4.69) is 16.0 Å². The van der Waals surface area contributed by atoms with Crippen molar-refractivity contribution >= 4 is 29.0 Å². The number of anilines is 3. The van der Waals surface area contributed by atoms with Gasteiger partial charge in [0.05, 0.1) is 6.61 Å². The molecule has 1 saturated carbocycles. The van der Waals surface area contributed by atoms with Crippen LogP contribution in [0.2, 0.25) is 0 Å². The average Bonchev–Trinajstić information content (AvgIpc) is 3.60. The smallest absolute Gasteiger partial charge is 0.323 e. The van der Waals surface area contributed by atoms with Crippen molar-refractivity contribution in [3.8, 4) is 5.75 Å². The molecule has 1 aliphatic rings. The van der Waals surface area contributed by atoms with Crippen molar-refractivity contribution in [1.29, 1.82) is 0 Å². The number of aryl methyl sites for hydroxylation is 1. The summed E-state index contributed by atoms with van der Waals surface area (Å²) < 4.78 is 5.72. The van der Waals surface area contributed by atoms with E-state index in [0.717, 1.165) is 17.9 Å². The summed E-state index contributed by atoms with van der Waals surface area (Å²) in [6.45, 7) is 2.64. The number of nitrogens with one attached hydrogen (secondary N) is 3. The van der Waals surface area contributed by atoms with Crippen molar-refractivity contribution < 1.29 is 14.3 Å². The molecule has 1 fully saturated rings. The number of carbonyl (C=O) groups is 2.